The molecule has 24 heavy (non-hydrogen) atoms. The molecule has 0 radical (unpaired) electrons. The van der Waals surface area contributed by atoms with Crippen molar-refractivity contribution in [1.29, 1.82) is 0 Å². The van der Waals surface area contributed by atoms with Gasteiger partial charge in [-0.15, -0.1) is 0 Å². The molecule has 0 saturated carbocycles. The monoisotopic (exact) mass is 374 g/mol. The third-order valence-electron chi connectivity index (χ3n) is 4.11. The number of amides is 1. The fraction of sp³-hybridized carbons (Fsp3) is 0.562. The summed E-state index contributed by atoms with van der Waals surface area (Å²) in [5, 5.41) is 0.260. The minimum absolute atomic E-state index is 0.0516. The zero-order valence-corrected chi connectivity index (χ0v) is 15.9. The van der Waals surface area contributed by atoms with Crippen molar-refractivity contribution in [3.8, 4) is 5.75 Å². The fourth-order valence-electron chi connectivity index (χ4n) is 2.72. The molecule has 0 aliphatic carbocycles. The van der Waals surface area contributed by atoms with E-state index in [4.69, 9.17) is 16.3 Å². The number of benzene rings is 1. The van der Waals surface area contributed by atoms with Crippen LogP contribution in [0.5, 0.6) is 5.75 Å². The van der Waals surface area contributed by atoms with Crippen LogP contribution < -0.4 is 4.74 Å². The van der Waals surface area contributed by atoms with Crippen molar-refractivity contribution in [1.82, 2.24) is 9.21 Å². The Morgan fingerprint density at radius 1 is 1.21 bits per heavy atom. The van der Waals surface area contributed by atoms with Crippen LogP contribution in [0, 0.1) is 12.8 Å². The Bertz CT molecular complexity index is 726. The molecule has 1 amide bonds. The molecule has 0 aromatic heterocycles. The van der Waals surface area contributed by atoms with Gasteiger partial charge in [-0.1, -0.05) is 25.4 Å². The van der Waals surface area contributed by atoms with Crippen LogP contribution >= 0.6 is 11.6 Å². The van der Waals surface area contributed by atoms with Crippen LogP contribution in [0.25, 0.3) is 0 Å². The first-order valence-electron chi connectivity index (χ1n) is 7.81. The van der Waals surface area contributed by atoms with Crippen molar-refractivity contribution < 1.29 is 17.9 Å². The molecule has 1 heterocycles. The molecule has 6 nitrogen and oxygen atoms in total. The van der Waals surface area contributed by atoms with Crippen LogP contribution in [0.2, 0.25) is 5.02 Å². The van der Waals surface area contributed by atoms with Crippen molar-refractivity contribution in [2.45, 2.75) is 25.7 Å². The molecule has 1 aliphatic rings. The SMILES string of the molecule is COc1cc(C)c(S(=O)(=O)N2CCN(C(=O)C(C)C)CC2)cc1Cl. The lowest BCUT2D eigenvalue weighted by Gasteiger charge is -2.35. The molecule has 8 heteroatoms. The maximum absolute atomic E-state index is 12.9. The number of piperazine rings is 1. The summed E-state index contributed by atoms with van der Waals surface area (Å²) in [5.74, 6) is 0.409. The van der Waals surface area contributed by atoms with E-state index < -0.39 is 10.0 Å². The van der Waals surface area contributed by atoms with Gasteiger partial charge < -0.3 is 9.64 Å². The first-order chi connectivity index (χ1) is 11.2. The average Bonchev–Trinajstić information content (AvgIpc) is 2.55. The summed E-state index contributed by atoms with van der Waals surface area (Å²) in [6.45, 7) is 6.76. The Hall–Kier alpha value is -1.31. The molecule has 134 valence electrons. The van der Waals surface area contributed by atoms with Gasteiger partial charge in [0.05, 0.1) is 17.0 Å². The number of methoxy groups -OCH3 is 1. The van der Waals surface area contributed by atoms with Gasteiger partial charge in [-0.25, -0.2) is 8.42 Å². The van der Waals surface area contributed by atoms with Crippen LogP contribution in [0.4, 0.5) is 0 Å². The van der Waals surface area contributed by atoms with E-state index in [0.717, 1.165) is 0 Å². The van der Waals surface area contributed by atoms with Crippen molar-refractivity contribution in [2.24, 2.45) is 5.92 Å². The van der Waals surface area contributed by atoms with E-state index in [2.05, 4.69) is 0 Å². The average molecular weight is 375 g/mol. The highest BCUT2D eigenvalue weighted by Gasteiger charge is 2.32. The third-order valence-corrected chi connectivity index (χ3v) is 6.45. The van der Waals surface area contributed by atoms with Gasteiger partial charge in [0, 0.05) is 32.1 Å². The first kappa shape index (κ1) is 19.0. The Morgan fingerprint density at radius 2 is 1.79 bits per heavy atom. The maximum atomic E-state index is 12.9. The quantitative estimate of drug-likeness (QED) is 0.809. The number of hydrogen-bond donors (Lipinski definition) is 0. The molecule has 0 bridgehead atoms. The zero-order chi connectivity index (χ0) is 18.1. The molecule has 1 aromatic carbocycles. The van der Waals surface area contributed by atoms with Gasteiger partial charge in [-0.3, -0.25) is 4.79 Å². The van der Waals surface area contributed by atoms with E-state index in [9.17, 15) is 13.2 Å². The van der Waals surface area contributed by atoms with Gasteiger partial charge in [0.2, 0.25) is 15.9 Å². The van der Waals surface area contributed by atoms with E-state index in [1.165, 1.54) is 17.5 Å². The molecular formula is C16H23ClN2O4S. The molecule has 0 atom stereocenters. The molecule has 2 rings (SSSR count). The molecule has 0 unspecified atom stereocenters. The van der Waals surface area contributed by atoms with Crippen molar-refractivity contribution >= 4 is 27.5 Å². The molecule has 1 aliphatic heterocycles. The molecule has 0 N–H and O–H groups in total. The van der Waals surface area contributed by atoms with Gasteiger partial charge in [0.15, 0.2) is 0 Å². The summed E-state index contributed by atoms with van der Waals surface area (Å²) in [4.78, 5) is 13.9. The summed E-state index contributed by atoms with van der Waals surface area (Å²) < 4.78 is 32.3. The van der Waals surface area contributed by atoms with Crippen LogP contribution in [0.1, 0.15) is 19.4 Å². The summed E-state index contributed by atoms with van der Waals surface area (Å²) in [7, 11) is -2.17. The van der Waals surface area contributed by atoms with Gasteiger partial charge in [0.1, 0.15) is 5.75 Å². The second-order valence-electron chi connectivity index (χ2n) is 6.14. The summed E-state index contributed by atoms with van der Waals surface area (Å²) in [6.07, 6.45) is 0. The van der Waals surface area contributed by atoms with Gasteiger partial charge in [-0.05, 0) is 24.6 Å². The Labute approximate surface area is 148 Å². The highest BCUT2D eigenvalue weighted by atomic mass is 35.5. The van der Waals surface area contributed by atoms with E-state index >= 15 is 0 Å². The van der Waals surface area contributed by atoms with Crippen molar-refractivity contribution in [2.75, 3.05) is 33.3 Å². The van der Waals surface area contributed by atoms with Gasteiger partial charge in [-0.2, -0.15) is 4.31 Å². The lowest BCUT2D eigenvalue weighted by molar-refractivity contribution is -0.135. The molecule has 1 fully saturated rings. The summed E-state index contributed by atoms with van der Waals surface area (Å²) in [5.41, 5.74) is 0.580. The Balaban J connectivity index is 2.21. The van der Waals surface area contributed by atoms with Crippen molar-refractivity contribution in [3.63, 3.8) is 0 Å². The first-order valence-corrected chi connectivity index (χ1v) is 9.63. The zero-order valence-electron chi connectivity index (χ0n) is 14.4. The van der Waals surface area contributed by atoms with E-state index in [0.29, 0.717) is 24.4 Å². The second kappa shape index (κ2) is 7.29. The maximum Gasteiger partial charge on any atom is 0.243 e. The largest absolute Gasteiger partial charge is 0.495 e. The number of nitrogens with zero attached hydrogens (tertiary/aromatic N) is 2. The molecule has 1 aromatic rings. The van der Waals surface area contributed by atoms with Crippen LogP contribution in [0.3, 0.4) is 0 Å². The highest BCUT2D eigenvalue weighted by Crippen LogP contribution is 2.31. The highest BCUT2D eigenvalue weighted by molar-refractivity contribution is 7.89. The van der Waals surface area contributed by atoms with Crippen molar-refractivity contribution in [3.05, 3.63) is 22.7 Å². The van der Waals surface area contributed by atoms with E-state index in [1.54, 1.807) is 17.9 Å². The smallest absolute Gasteiger partial charge is 0.243 e. The number of carbonyl (C=O) groups excluding carboxylic acids is 1. The summed E-state index contributed by atoms with van der Waals surface area (Å²) in [6, 6.07) is 3.05. The number of hydrogen-bond acceptors (Lipinski definition) is 4. The number of halogens is 1. The minimum Gasteiger partial charge on any atom is -0.495 e. The third kappa shape index (κ3) is 3.68. The number of sulfonamides is 1. The lowest BCUT2D eigenvalue weighted by atomic mass is 10.2. The van der Waals surface area contributed by atoms with Crippen LogP contribution in [-0.4, -0.2) is 56.8 Å². The Kier molecular flexibility index (Phi) is 5.78. The predicted molar refractivity (Wildman–Crippen MR) is 92.9 cm³/mol. The van der Waals surface area contributed by atoms with Gasteiger partial charge in [0.25, 0.3) is 0 Å². The molecule has 1 saturated heterocycles. The van der Waals surface area contributed by atoms with Gasteiger partial charge >= 0.3 is 0 Å². The number of carbonyl (C=O) groups is 1. The van der Waals surface area contributed by atoms with E-state index in [1.807, 2.05) is 13.8 Å². The standard InChI is InChI=1S/C16H23ClN2O4S/c1-11(2)16(20)18-5-7-19(8-6-18)24(21,22)15-10-13(17)14(23-4)9-12(15)3/h9-11H,5-8H2,1-4H3. The number of aryl methyl sites for hydroxylation is 1. The number of rotatable bonds is 4. The summed E-state index contributed by atoms with van der Waals surface area (Å²) >= 11 is 6.09. The lowest BCUT2D eigenvalue weighted by Crippen LogP contribution is -2.51. The molecule has 0 spiro atoms. The predicted octanol–water partition coefficient (Wildman–Crippen LogP) is 2.15. The molecular weight excluding hydrogens is 352 g/mol. The van der Waals surface area contributed by atoms with Crippen LogP contribution in [0.15, 0.2) is 17.0 Å². The normalized spacial score (nSPS) is 16.5. The minimum atomic E-state index is -3.65. The van der Waals surface area contributed by atoms with E-state index in [-0.39, 0.29) is 34.8 Å². The fourth-order valence-corrected chi connectivity index (χ4v) is 4.68. The second-order valence-corrected chi connectivity index (χ2v) is 8.45. The topological polar surface area (TPSA) is 66.9 Å². The Morgan fingerprint density at radius 3 is 2.29 bits per heavy atom. The number of ether oxygens (including phenoxy) is 1. The van der Waals surface area contributed by atoms with Crippen LogP contribution in [-0.2, 0) is 14.8 Å².